The van der Waals surface area contributed by atoms with Gasteiger partial charge in [-0.25, -0.2) is 9.18 Å². The first-order chi connectivity index (χ1) is 6.91. The van der Waals surface area contributed by atoms with Crippen molar-refractivity contribution in [2.45, 2.75) is 39.9 Å². The molecule has 0 aromatic rings. The smallest absolute Gasteiger partial charge is 0.317 e. The molecule has 1 unspecified atom stereocenters. The number of nitrogens with one attached hydrogen (secondary N) is 1. The number of urea groups is 1. The van der Waals surface area contributed by atoms with Crippen LogP contribution in [0.4, 0.5) is 9.18 Å². The third-order valence-corrected chi connectivity index (χ3v) is 3.20. The van der Waals surface area contributed by atoms with E-state index in [0.717, 1.165) is 0 Å². The molecule has 88 valence electrons. The van der Waals surface area contributed by atoms with E-state index in [9.17, 15) is 9.18 Å². The van der Waals surface area contributed by atoms with Crippen LogP contribution in [0.5, 0.6) is 0 Å². The Hall–Kier alpha value is -0.800. The summed E-state index contributed by atoms with van der Waals surface area (Å²) >= 11 is 0. The van der Waals surface area contributed by atoms with Crippen LogP contribution in [0.15, 0.2) is 0 Å². The van der Waals surface area contributed by atoms with Crippen LogP contribution in [-0.2, 0) is 0 Å². The highest BCUT2D eigenvalue weighted by Gasteiger charge is 2.34. The van der Waals surface area contributed by atoms with Gasteiger partial charge in [-0.2, -0.15) is 0 Å². The van der Waals surface area contributed by atoms with E-state index in [2.05, 4.69) is 19.2 Å². The fourth-order valence-corrected chi connectivity index (χ4v) is 1.42. The lowest BCUT2D eigenvalue weighted by atomic mass is 9.96. The van der Waals surface area contributed by atoms with Gasteiger partial charge >= 0.3 is 6.03 Å². The Kier molecular flexibility index (Phi) is 3.94. The van der Waals surface area contributed by atoms with Gasteiger partial charge in [-0.05, 0) is 19.8 Å². The molecule has 2 amide bonds. The van der Waals surface area contributed by atoms with Gasteiger partial charge in [-0.3, -0.25) is 0 Å². The van der Waals surface area contributed by atoms with Crippen LogP contribution in [0.1, 0.15) is 27.7 Å². The molecule has 1 aliphatic rings. The summed E-state index contributed by atoms with van der Waals surface area (Å²) in [5.74, 6) is 0.455. The highest BCUT2D eigenvalue weighted by Crippen LogP contribution is 2.21. The Morgan fingerprint density at radius 1 is 1.33 bits per heavy atom. The lowest BCUT2D eigenvalue weighted by Gasteiger charge is -2.40. The van der Waals surface area contributed by atoms with Crippen molar-refractivity contribution in [3.05, 3.63) is 0 Å². The van der Waals surface area contributed by atoms with Crippen molar-refractivity contribution in [2.75, 3.05) is 13.1 Å². The third kappa shape index (κ3) is 3.08. The van der Waals surface area contributed by atoms with Gasteiger partial charge in [0, 0.05) is 25.0 Å². The standard InChI is InChI=1S/C11H21FN2O/c1-7(2)9(4)13-11(15)14-5-10(6-14)8(3)12/h7-10H,5-6H2,1-4H3,(H,13,15)/t8?,9-/m1/s1. The topological polar surface area (TPSA) is 32.3 Å². The quantitative estimate of drug-likeness (QED) is 0.769. The molecule has 15 heavy (non-hydrogen) atoms. The fourth-order valence-electron chi connectivity index (χ4n) is 1.42. The summed E-state index contributed by atoms with van der Waals surface area (Å²) in [5.41, 5.74) is 0. The van der Waals surface area contributed by atoms with E-state index in [1.807, 2.05) is 6.92 Å². The summed E-state index contributed by atoms with van der Waals surface area (Å²) in [5, 5.41) is 2.91. The van der Waals surface area contributed by atoms with Crippen LogP contribution in [0, 0.1) is 11.8 Å². The normalized spacial score (nSPS) is 21.1. The molecule has 0 aliphatic carbocycles. The summed E-state index contributed by atoms with van der Waals surface area (Å²) in [7, 11) is 0. The number of amides is 2. The number of nitrogens with zero attached hydrogens (tertiary/aromatic N) is 1. The van der Waals surface area contributed by atoms with E-state index in [4.69, 9.17) is 0 Å². The second kappa shape index (κ2) is 4.81. The first kappa shape index (κ1) is 12.3. The number of carbonyl (C=O) groups is 1. The maximum Gasteiger partial charge on any atom is 0.317 e. The minimum Gasteiger partial charge on any atom is -0.335 e. The molecule has 2 atom stereocenters. The molecule has 1 saturated heterocycles. The number of hydrogen-bond acceptors (Lipinski definition) is 1. The Balaban J connectivity index is 2.27. The van der Waals surface area contributed by atoms with Crippen molar-refractivity contribution in [1.82, 2.24) is 10.2 Å². The Morgan fingerprint density at radius 2 is 1.87 bits per heavy atom. The van der Waals surface area contributed by atoms with E-state index in [-0.39, 0.29) is 18.0 Å². The summed E-state index contributed by atoms with van der Waals surface area (Å²) in [6.45, 7) is 8.76. The highest BCUT2D eigenvalue weighted by atomic mass is 19.1. The van der Waals surface area contributed by atoms with Gasteiger partial charge in [0.05, 0.1) is 0 Å². The van der Waals surface area contributed by atoms with Gasteiger partial charge in [0.2, 0.25) is 0 Å². The Bertz CT molecular complexity index is 225. The van der Waals surface area contributed by atoms with Gasteiger partial charge in [-0.15, -0.1) is 0 Å². The predicted molar refractivity (Wildman–Crippen MR) is 58.5 cm³/mol. The molecule has 0 saturated carbocycles. The van der Waals surface area contributed by atoms with Crippen molar-refractivity contribution in [2.24, 2.45) is 11.8 Å². The molecule has 4 heteroatoms. The van der Waals surface area contributed by atoms with Crippen molar-refractivity contribution in [3.8, 4) is 0 Å². The van der Waals surface area contributed by atoms with Crippen LogP contribution >= 0.6 is 0 Å². The molecule has 0 aromatic carbocycles. The average Bonchev–Trinajstić information content (AvgIpc) is 1.99. The molecule has 1 aliphatic heterocycles. The van der Waals surface area contributed by atoms with Crippen LogP contribution in [0.3, 0.4) is 0 Å². The zero-order chi connectivity index (χ0) is 11.6. The minimum atomic E-state index is -0.809. The molecule has 0 radical (unpaired) electrons. The molecule has 0 spiro atoms. The SMILES string of the molecule is CC(F)C1CN(C(=O)N[C@H](C)C(C)C)C1. The molecule has 3 nitrogen and oxygen atoms in total. The summed E-state index contributed by atoms with van der Waals surface area (Å²) in [6.07, 6.45) is -0.809. The van der Waals surface area contributed by atoms with Crippen LogP contribution in [0.2, 0.25) is 0 Å². The van der Waals surface area contributed by atoms with Gasteiger partial charge in [-0.1, -0.05) is 13.8 Å². The number of likely N-dealkylation sites (tertiary alicyclic amines) is 1. The van der Waals surface area contributed by atoms with E-state index < -0.39 is 6.17 Å². The molecule has 1 heterocycles. The van der Waals surface area contributed by atoms with Crippen molar-refractivity contribution in [3.63, 3.8) is 0 Å². The summed E-state index contributed by atoms with van der Waals surface area (Å²) in [6, 6.07) is 0.104. The van der Waals surface area contributed by atoms with E-state index >= 15 is 0 Å². The molecule has 1 fully saturated rings. The maximum atomic E-state index is 12.8. The van der Waals surface area contributed by atoms with Crippen LogP contribution in [0.25, 0.3) is 0 Å². The van der Waals surface area contributed by atoms with E-state index in [1.54, 1.807) is 11.8 Å². The second-order valence-corrected chi connectivity index (χ2v) is 4.82. The monoisotopic (exact) mass is 216 g/mol. The second-order valence-electron chi connectivity index (χ2n) is 4.82. The molecular weight excluding hydrogens is 195 g/mol. The molecule has 1 N–H and O–H groups in total. The van der Waals surface area contributed by atoms with Gasteiger partial charge in [0.1, 0.15) is 6.17 Å². The first-order valence-corrected chi connectivity index (χ1v) is 5.61. The van der Waals surface area contributed by atoms with Crippen LogP contribution < -0.4 is 5.32 Å². The number of halogens is 1. The molecule has 1 rings (SSSR count). The van der Waals surface area contributed by atoms with Gasteiger partial charge < -0.3 is 10.2 Å². The van der Waals surface area contributed by atoms with Crippen molar-refractivity contribution >= 4 is 6.03 Å². The van der Waals surface area contributed by atoms with Gasteiger partial charge in [0.25, 0.3) is 0 Å². The van der Waals surface area contributed by atoms with Crippen LogP contribution in [-0.4, -0.2) is 36.2 Å². The average molecular weight is 216 g/mol. The van der Waals surface area contributed by atoms with Gasteiger partial charge in [0.15, 0.2) is 0 Å². The molecule has 0 aromatic heterocycles. The highest BCUT2D eigenvalue weighted by molar-refractivity contribution is 5.75. The summed E-state index contributed by atoms with van der Waals surface area (Å²) in [4.78, 5) is 13.3. The minimum absolute atomic E-state index is 0.0325. The van der Waals surface area contributed by atoms with Crippen molar-refractivity contribution in [1.29, 1.82) is 0 Å². The summed E-state index contributed by atoms with van der Waals surface area (Å²) < 4.78 is 12.8. The largest absolute Gasteiger partial charge is 0.335 e. The first-order valence-electron chi connectivity index (χ1n) is 5.61. The fraction of sp³-hybridized carbons (Fsp3) is 0.909. The zero-order valence-electron chi connectivity index (χ0n) is 9.96. The third-order valence-electron chi connectivity index (χ3n) is 3.20. The van der Waals surface area contributed by atoms with E-state index in [1.165, 1.54) is 0 Å². The zero-order valence-corrected chi connectivity index (χ0v) is 9.96. The number of alkyl halides is 1. The van der Waals surface area contributed by atoms with Crippen molar-refractivity contribution < 1.29 is 9.18 Å². The number of hydrogen-bond donors (Lipinski definition) is 1. The Labute approximate surface area is 91.0 Å². The number of rotatable bonds is 3. The number of carbonyl (C=O) groups excluding carboxylic acids is 1. The maximum absolute atomic E-state index is 12.8. The predicted octanol–water partition coefficient (Wildman–Crippen LogP) is 2.03. The lowest BCUT2D eigenvalue weighted by Crippen LogP contribution is -2.57. The van der Waals surface area contributed by atoms with E-state index in [0.29, 0.717) is 19.0 Å². The lowest BCUT2D eigenvalue weighted by molar-refractivity contribution is 0.0695. The molecule has 0 bridgehead atoms. The molecular formula is C11H21FN2O. The Morgan fingerprint density at radius 3 is 2.27 bits per heavy atom.